The van der Waals surface area contributed by atoms with E-state index in [-0.39, 0.29) is 11.4 Å². The molecule has 6 heteroatoms. The molecule has 1 aromatic heterocycles. The van der Waals surface area contributed by atoms with Gasteiger partial charge in [0.05, 0.1) is 17.6 Å². The third-order valence-corrected chi connectivity index (χ3v) is 4.87. The Bertz CT molecular complexity index is 938. The molecule has 0 radical (unpaired) electrons. The molecule has 1 amide bonds. The fourth-order valence-corrected chi connectivity index (χ4v) is 3.32. The lowest BCUT2D eigenvalue weighted by atomic mass is 10.2. The predicted molar refractivity (Wildman–Crippen MR) is 109 cm³/mol. The number of rotatable bonds is 4. The third-order valence-electron chi connectivity index (χ3n) is 4.87. The Hall–Kier alpha value is -3.41. The van der Waals surface area contributed by atoms with Crippen molar-refractivity contribution in [2.45, 2.75) is 0 Å². The number of benzene rings is 2. The molecule has 0 bridgehead atoms. The molecule has 2 heterocycles. The largest absolute Gasteiger partial charge is 0.368 e. The van der Waals surface area contributed by atoms with E-state index < -0.39 is 11.7 Å². The number of nitrogens with zero attached hydrogens (tertiary/aromatic N) is 3. The van der Waals surface area contributed by atoms with Gasteiger partial charge in [0.2, 0.25) is 0 Å². The second-order valence-corrected chi connectivity index (χ2v) is 6.65. The van der Waals surface area contributed by atoms with E-state index in [1.807, 2.05) is 12.1 Å². The quantitative estimate of drug-likeness (QED) is 0.753. The second-order valence-electron chi connectivity index (χ2n) is 6.65. The Morgan fingerprint density at radius 2 is 1.46 bits per heavy atom. The molecule has 1 N–H and O–H groups in total. The Kier molecular flexibility index (Phi) is 5.19. The molecule has 0 saturated carbocycles. The van der Waals surface area contributed by atoms with Gasteiger partial charge < -0.3 is 15.1 Å². The number of carbonyl (C=O) groups is 1. The van der Waals surface area contributed by atoms with Crippen LogP contribution in [0, 0.1) is 5.82 Å². The van der Waals surface area contributed by atoms with Crippen molar-refractivity contribution < 1.29 is 9.18 Å². The van der Waals surface area contributed by atoms with Crippen LogP contribution in [0.25, 0.3) is 0 Å². The van der Waals surface area contributed by atoms with Crippen molar-refractivity contribution in [1.82, 2.24) is 4.98 Å². The number of halogens is 1. The average Bonchev–Trinajstić information content (AvgIpc) is 2.76. The zero-order chi connectivity index (χ0) is 19.3. The van der Waals surface area contributed by atoms with E-state index in [2.05, 4.69) is 44.4 Å². The van der Waals surface area contributed by atoms with Crippen LogP contribution in [0.3, 0.4) is 0 Å². The first-order valence-corrected chi connectivity index (χ1v) is 9.27. The minimum atomic E-state index is -0.469. The number of amides is 1. The lowest BCUT2D eigenvalue weighted by molar-refractivity contribution is 0.102. The molecule has 1 saturated heterocycles. The molecule has 5 nitrogen and oxygen atoms in total. The molecule has 1 fully saturated rings. The van der Waals surface area contributed by atoms with Gasteiger partial charge in [-0.1, -0.05) is 30.3 Å². The van der Waals surface area contributed by atoms with Crippen molar-refractivity contribution in [1.29, 1.82) is 0 Å². The van der Waals surface area contributed by atoms with Crippen LogP contribution in [0.5, 0.6) is 0 Å². The second kappa shape index (κ2) is 8.08. The number of carbonyl (C=O) groups excluding carboxylic acids is 1. The highest BCUT2D eigenvalue weighted by molar-refractivity contribution is 6.03. The van der Waals surface area contributed by atoms with E-state index in [1.165, 1.54) is 17.8 Å². The number of aromatic nitrogens is 1. The van der Waals surface area contributed by atoms with Gasteiger partial charge in [-0.25, -0.2) is 9.37 Å². The van der Waals surface area contributed by atoms with E-state index >= 15 is 0 Å². The molecule has 3 aromatic rings. The van der Waals surface area contributed by atoms with Gasteiger partial charge in [-0.15, -0.1) is 0 Å². The highest BCUT2D eigenvalue weighted by atomic mass is 19.1. The Morgan fingerprint density at radius 1 is 0.821 bits per heavy atom. The number of piperazine rings is 1. The van der Waals surface area contributed by atoms with Crippen LogP contribution in [-0.4, -0.2) is 37.1 Å². The van der Waals surface area contributed by atoms with Gasteiger partial charge in [0, 0.05) is 31.9 Å². The summed E-state index contributed by atoms with van der Waals surface area (Å²) in [6.45, 7) is 3.63. The SMILES string of the molecule is O=C(Nc1ccccc1F)c1ccc(N2CCN(c3ccccc3)CC2)cn1. The van der Waals surface area contributed by atoms with Crippen LogP contribution in [0.15, 0.2) is 72.9 Å². The van der Waals surface area contributed by atoms with Crippen molar-refractivity contribution >= 4 is 23.0 Å². The smallest absolute Gasteiger partial charge is 0.274 e. The summed E-state index contributed by atoms with van der Waals surface area (Å²) in [7, 11) is 0. The van der Waals surface area contributed by atoms with E-state index in [9.17, 15) is 9.18 Å². The maximum Gasteiger partial charge on any atom is 0.274 e. The molecule has 0 atom stereocenters. The van der Waals surface area contributed by atoms with E-state index in [0.717, 1.165) is 31.9 Å². The molecular weight excluding hydrogens is 355 g/mol. The van der Waals surface area contributed by atoms with Crippen LogP contribution in [0.2, 0.25) is 0 Å². The lowest BCUT2D eigenvalue weighted by Crippen LogP contribution is -2.46. The molecular formula is C22H21FN4O. The van der Waals surface area contributed by atoms with Gasteiger partial charge >= 0.3 is 0 Å². The van der Waals surface area contributed by atoms with E-state index in [1.54, 1.807) is 24.4 Å². The normalized spacial score (nSPS) is 14.0. The first-order valence-electron chi connectivity index (χ1n) is 9.27. The number of hydrogen-bond donors (Lipinski definition) is 1. The molecule has 0 unspecified atom stereocenters. The highest BCUT2D eigenvalue weighted by Gasteiger charge is 2.18. The maximum absolute atomic E-state index is 13.7. The lowest BCUT2D eigenvalue weighted by Gasteiger charge is -2.37. The van der Waals surface area contributed by atoms with Crippen molar-refractivity contribution in [2.75, 3.05) is 41.3 Å². The maximum atomic E-state index is 13.7. The molecule has 0 aliphatic carbocycles. The summed E-state index contributed by atoms with van der Waals surface area (Å²) in [6, 6.07) is 20.0. The Labute approximate surface area is 163 Å². The summed E-state index contributed by atoms with van der Waals surface area (Å²) in [5, 5.41) is 2.55. The molecule has 2 aromatic carbocycles. The minimum Gasteiger partial charge on any atom is -0.368 e. The molecule has 1 aliphatic rings. The van der Waals surface area contributed by atoms with Crippen molar-refractivity contribution in [3.63, 3.8) is 0 Å². The van der Waals surface area contributed by atoms with Crippen LogP contribution < -0.4 is 15.1 Å². The van der Waals surface area contributed by atoms with Crippen LogP contribution in [0.1, 0.15) is 10.5 Å². The number of nitrogens with one attached hydrogen (secondary N) is 1. The molecule has 28 heavy (non-hydrogen) atoms. The predicted octanol–water partition coefficient (Wildman–Crippen LogP) is 3.80. The van der Waals surface area contributed by atoms with Gasteiger partial charge in [0.15, 0.2) is 0 Å². The minimum absolute atomic E-state index is 0.149. The molecule has 0 spiro atoms. The summed E-state index contributed by atoms with van der Waals surface area (Å²) in [6.07, 6.45) is 1.70. The zero-order valence-electron chi connectivity index (χ0n) is 15.4. The fourth-order valence-electron chi connectivity index (χ4n) is 3.32. The monoisotopic (exact) mass is 376 g/mol. The van der Waals surface area contributed by atoms with Gasteiger partial charge in [0.25, 0.3) is 5.91 Å². The molecule has 1 aliphatic heterocycles. The summed E-state index contributed by atoms with van der Waals surface area (Å²) in [5.74, 6) is -0.894. The van der Waals surface area contributed by atoms with Crippen molar-refractivity contribution in [2.24, 2.45) is 0 Å². The summed E-state index contributed by atoms with van der Waals surface area (Å²) in [4.78, 5) is 21.2. The van der Waals surface area contributed by atoms with Crippen molar-refractivity contribution in [3.05, 3.63) is 84.4 Å². The van der Waals surface area contributed by atoms with Gasteiger partial charge in [-0.2, -0.15) is 0 Å². The summed E-state index contributed by atoms with van der Waals surface area (Å²) < 4.78 is 13.7. The topological polar surface area (TPSA) is 48.5 Å². The Morgan fingerprint density at radius 3 is 2.11 bits per heavy atom. The number of pyridine rings is 1. The first kappa shape index (κ1) is 18.0. The molecule has 4 rings (SSSR count). The van der Waals surface area contributed by atoms with Gasteiger partial charge in [0.1, 0.15) is 11.5 Å². The summed E-state index contributed by atoms with van der Waals surface area (Å²) in [5.41, 5.74) is 2.63. The zero-order valence-corrected chi connectivity index (χ0v) is 15.4. The average molecular weight is 376 g/mol. The van der Waals surface area contributed by atoms with Crippen LogP contribution in [-0.2, 0) is 0 Å². The van der Waals surface area contributed by atoms with Gasteiger partial charge in [-0.3, -0.25) is 4.79 Å². The fraction of sp³-hybridized carbons (Fsp3) is 0.182. The first-order chi connectivity index (χ1) is 13.7. The van der Waals surface area contributed by atoms with Crippen molar-refractivity contribution in [3.8, 4) is 0 Å². The number of para-hydroxylation sites is 2. The number of anilines is 3. The third kappa shape index (κ3) is 3.96. The summed E-state index contributed by atoms with van der Waals surface area (Å²) >= 11 is 0. The van der Waals surface area contributed by atoms with Crippen LogP contribution in [0.4, 0.5) is 21.5 Å². The van der Waals surface area contributed by atoms with Gasteiger partial charge in [-0.05, 0) is 36.4 Å². The highest BCUT2D eigenvalue weighted by Crippen LogP contribution is 2.20. The van der Waals surface area contributed by atoms with E-state index in [0.29, 0.717) is 0 Å². The number of hydrogen-bond acceptors (Lipinski definition) is 4. The standard InChI is InChI=1S/C22H21FN4O/c23-19-8-4-5-9-20(19)25-22(28)21-11-10-18(16-24-21)27-14-12-26(13-15-27)17-6-2-1-3-7-17/h1-11,16H,12-15H2,(H,25,28). The Balaban J connectivity index is 1.37. The molecule has 142 valence electrons. The van der Waals surface area contributed by atoms with E-state index in [4.69, 9.17) is 0 Å². The van der Waals surface area contributed by atoms with Crippen LogP contribution >= 0.6 is 0 Å².